The number of rotatable bonds is 4. The van der Waals surface area contributed by atoms with Crippen LogP contribution < -0.4 is 10.8 Å². The van der Waals surface area contributed by atoms with Crippen LogP contribution in [-0.2, 0) is 16.1 Å². The zero-order valence-corrected chi connectivity index (χ0v) is 20.7. The number of amides is 1. The maximum Gasteiger partial charge on any atom is 0.410 e. The van der Waals surface area contributed by atoms with Gasteiger partial charge in [-0.3, -0.25) is 10.3 Å². The first-order chi connectivity index (χ1) is 16.3. The van der Waals surface area contributed by atoms with E-state index in [4.69, 9.17) is 14.6 Å². The number of pyridine rings is 1. The Morgan fingerprint density at radius 2 is 2.00 bits per heavy atom. The number of hydrogen-bond acceptors (Lipinski definition) is 7. The maximum absolute atomic E-state index is 12.5. The summed E-state index contributed by atoms with van der Waals surface area (Å²) in [6.45, 7) is 9.86. The summed E-state index contributed by atoms with van der Waals surface area (Å²) in [6.07, 6.45) is 12.0. The van der Waals surface area contributed by atoms with E-state index in [0.717, 1.165) is 60.2 Å². The van der Waals surface area contributed by atoms with Gasteiger partial charge in [0.05, 0.1) is 23.0 Å². The van der Waals surface area contributed by atoms with Gasteiger partial charge in [-0.25, -0.2) is 14.5 Å². The molecule has 0 radical (unpaired) electrons. The Labute approximate surface area is 200 Å². The fraction of sp³-hybridized carbons (Fsp3) is 0.640. The van der Waals surface area contributed by atoms with Gasteiger partial charge < -0.3 is 15.0 Å². The quantitative estimate of drug-likeness (QED) is 0.685. The standard InChI is InChI=1S/C25H36N6O3/c1-5-31-22-19(16-27-31)21(18(15-26-22)20-14-25(34-29-20)10-6-7-11-25)28-17-8-12-30(13-9-17)23(32)33-24(2,3)4/h14-17,29H,5-13H2,1-4H3,(H,26,28). The number of aryl methyl sites for hydroxylation is 1. The normalized spacial score (nSPS) is 20.6. The molecule has 4 heterocycles. The summed E-state index contributed by atoms with van der Waals surface area (Å²) in [5, 5.41) is 9.34. The fourth-order valence-corrected chi connectivity index (χ4v) is 5.19. The van der Waals surface area contributed by atoms with Gasteiger partial charge in [0.2, 0.25) is 0 Å². The van der Waals surface area contributed by atoms with Crippen LogP contribution >= 0.6 is 0 Å². The van der Waals surface area contributed by atoms with E-state index in [-0.39, 0.29) is 17.7 Å². The number of carbonyl (C=O) groups excluding carboxylic acids is 1. The molecule has 1 aliphatic carbocycles. The lowest BCUT2D eigenvalue weighted by molar-refractivity contribution is -0.0289. The Hall–Kier alpha value is -2.81. The number of ether oxygens (including phenoxy) is 1. The zero-order valence-electron chi connectivity index (χ0n) is 20.7. The minimum Gasteiger partial charge on any atom is -0.444 e. The third kappa shape index (κ3) is 4.45. The highest BCUT2D eigenvalue weighted by Crippen LogP contribution is 2.41. The number of aromatic nitrogens is 3. The summed E-state index contributed by atoms with van der Waals surface area (Å²) >= 11 is 0. The van der Waals surface area contributed by atoms with E-state index in [1.54, 1.807) is 4.90 Å². The van der Waals surface area contributed by atoms with Crippen LogP contribution in [0.1, 0.15) is 71.8 Å². The van der Waals surface area contributed by atoms with E-state index in [1.807, 2.05) is 37.8 Å². The molecule has 2 fully saturated rings. The van der Waals surface area contributed by atoms with E-state index in [1.165, 1.54) is 12.8 Å². The molecule has 2 aromatic rings. The molecule has 2 N–H and O–H groups in total. The molecule has 2 aromatic heterocycles. The van der Waals surface area contributed by atoms with Crippen LogP contribution in [0.15, 0.2) is 18.5 Å². The van der Waals surface area contributed by atoms with E-state index >= 15 is 0 Å². The third-order valence-electron chi connectivity index (χ3n) is 6.97. The van der Waals surface area contributed by atoms with Gasteiger partial charge in [0.15, 0.2) is 5.65 Å². The molecular formula is C25H36N6O3. The SMILES string of the molecule is CCn1ncc2c(NC3CCN(C(=O)OC(C)(C)C)CC3)c(C3=CC4(CCCC4)ON3)cnc21. The van der Waals surface area contributed by atoms with Crippen LogP contribution in [-0.4, -0.2) is 56.1 Å². The number of hydrogen-bond donors (Lipinski definition) is 2. The van der Waals surface area contributed by atoms with Gasteiger partial charge in [-0.2, -0.15) is 5.10 Å². The second-order valence-corrected chi connectivity index (χ2v) is 10.7. The van der Waals surface area contributed by atoms with Crippen molar-refractivity contribution in [2.45, 2.75) is 90.0 Å². The number of nitrogens with one attached hydrogen (secondary N) is 2. The molecule has 0 bridgehead atoms. The molecule has 1 spiro atoms. The van der Waals surface area contributed by atoms with Crippen LogP contribution in [0.4, 0.5) is 10.5 Å². The monoisotopic (exact) mass is 468 g/mol. The Balaban J connectivity index is 1.39. The summed E-state index contributed by atoms with van der Waals surface area (Å²) in [4.78, 5) is 25.1. The van der Waals surface area contributed by atoms with Gasteiger partial charge in [-0.15, -0.1) is 0 Å². The molecule has 2 aliphatic heterocycles. The summed E-state index contributed by atoms with van der Waals surface area (Å²) in [7, 11) is 0. The lowest BCUT2D eigenvalue weighted by Crippen LogP contribution is -2.44. The van der Waals surface area contributed by atoms with Gasteiger partial charge in [0, 0.05) is 37.4 Å². The smallest absolute Gasteiger partial charge is 0.410 e. The van der Waals surface area contributed by atoms with E-state index in [9.17, 15) is 4.79 Å². The average molecular weight is 469 g/mol. The highest BCUT2D eigenvalue weighted by atomic mass is 16.7. The first-order valence-electron chi connectivity index (χ1n) is 12.5. The van der Waals surface area contributed by atoms with Crippen molar-refractivity contribution in [3.05, 3.63) is 24.0 Å². The molecule has 0 unspecified atom stereocenters. The lowest BCUT2D eigenvalue weighted by atomic mass is 9.98. The number of piperidine rings is 1. The minimum absolute atomic E-state index is 0.200. The molecule has 3 aliphatic rings. The molecule has 9 heteroatoms. The molecule has 9 nitrogen and oxygen atoms in total. The predicted octanol–water partition coefficient (Wildman–Crippen LogP) is 4.45. The molecule has 34 heavy (non-hydrogen) atoms. The first kappa shape index (κ1) is 23.0. The predicted molar refractivity (Wildman–Crippen MR) is 131 cm³/mol. The molecular weight excluding hydrogens is 432 g/mol. The molecule has 0 aromatic carbocycles. The van der Waals surface area contributed by atoms with E-state index in [2.05, 4.69) is 28.9 Å². The second kappa shape index (κ2) is 8.76. The van der Waals surface area contributed by atoms with Crippen molar-refractivity contribution in [2.24, 2.45) is 0 Å². The Morgan fingerprint density at radius 1 is 1.26 bits per heavy atom. The molecule has 0 atom stereocenters. The van der Waals surface area contributed by atoms with Crippen molar-refractivity contribution in [1.82, 2.24) is 25.1 Å². The number of carbonyl (C=O) groups is 1. The highest BCUT2D eigenvalue weighted by molar-refractivity contribution is 5.95. The molecule has 184 valence electrons. The maximum atomic E-state index is 12.5. The third-order valence-corrected chi connectivity index (χ3v) is 6.97. The van der Waals surface area contributed by atoms with Crippen molar-refractivity contribution in [2.75, 3.05) is 18.4 Å². The summed E-state index contributed by atoms with van der Waals surface area (Å²) < 4.78 is 7.47. The topological polar surface area (TPSA) is 93.5 Å². The van der Waals surface area contributed by atoms with Crippen LogP contribution in [0.25, 0.3) is 16.7 Å². The van der Waals surface area contributed by atoms with Crippen molar-refractivity contribution in [1.29, 1.82) is 0 Å². The number of likely N-dealkylation sites (tertiary alicyclic amines) is 1. The van der Waals surface area contributed by atoms with Gasteiger partial charge in [-0.05, 0) is 59.5 Å². The molecule has 5 rings (SSSR count). The first-order valence-corrected chi connectivity index (χ1v) is 12.5. The van der Waals surface area contributed by atoms with Gasteiger partial charge in [-0.1, -0.05) is 12.8 Å². The Morgan fingerprint density at radius 3 is 2.68 bits per heavy atom. The van der Waals surface area contributed by atoms with Gasteiger partial charge >= 0.3 is 6.09 Å². The van der Waals surface area contributed by atoms with Crippen molar-refractivity contribution >= 4 is 28.5 Å². The van der Waals surface area contributed by atoms with Crippen LogP contribution in [0.3, 0.4) is 0 Å². The average Bonchev–Trinajstić information content (AvgIpc) is 3.54. The largest absolute Gasteiger partial charge is 0.444 e. The lowest BCUT2D eigenvalue weighted by Gasteiger charge is -2.34. The minimum atomic E-state index is -0.482. The Kier molecular flexibility index (Phi) is 5.91. The number of hydroxylamine groups is 1. The van der Waals surface area contributed by atoms with E-state index in [0.29, 0.717) is 13.1 Å². The van der Waals surface area contributed by atoms with Crippen molar-refractivity contribution in [3.63, 3.8) is 0 Å². The van der Waals surface area contributed by atoms with Gasteiger partial charge in [0.25, 0.3) is 0 Å². The number of anilines is 1. The zero-order chi connectivity index (χ0) is 23.9. The van der Waals surface area contributed by atoms with Crippen molar-refractivity contribution < 1.29 is 14.4 Å². The van der Waals surface area contributed by atoms with Crippen LogP contribution in [0.5, 0.6) is 0 Å². The Bertz CT molecular complexity index is 1090. The summed E-state index contributed by atoms with van der Waals surface area (Å²) in [5.41, 5.74) is 6.38. The number of nitrogens with zero attached hydrogens (tertiary/aromatic N) is 4. The summed E-state index contributed by atoms with van der Waals surface area (Å²) in [6, 6.07) is 0.233. The van der Waals surface area contributed by atoms with Crippen LogP contribution in [0, 0.1) is 0 Å². The highest BCUT2D eigenvalue weighted by Gasteiger charge is 2.39. The molecule has 1 saturated carbocycles. The molecule has 1 amide bonds. The summed E-state index contributed by atoms with van der Waals surface area (Å²) in [5.74, 6) is 0. The van der Waals surface area contributed by atoms with E-state index < -0.39 is 5.60 Å². The fourth-order valence-electron chi connectivity index (χ4n) is 5.19. The van der Waals surface area contributed by atoms with Gasteiger partial charge in [0.1, 0.15) is 11.2 Å². The second-order valence-electron chi connectivity index (χ2n) is 10.7. The number of fused-ring (bicyclic) bond motifs is 1. The molecule has 1 saturated heterocycles. The van der Waals surface area contributed by atoms with Crippen molar-refractivity contribution in [3.8, 4) is 0 Å². The van der Waals surface area contributed by atoms with Crippen LogP contribution in [0.2, 0.25) is 0 Å².